The first-order chi connectivity index (χ1) is 7.82. The lowest BCUT2D eigenvalue weighted by Gasteiger charge is -2.14. The zero-order valence-electron chi connectivity index (χ0n) is 9.44. The second kappa shape index (κ2) is 6.42. The van der Waals surface area contributed by atoms with Crippen molar-refractivity contribution in [3.63, 3.8) is 0 Å². The van der Waals surface area contributed by atoms with Crippen molar-refractivity contribution < 1.29 is 4.79 Å². The number of carbonyl (C=O) groups excluding carboxylic acids is 1. The molecule has 0 bridgehead atoms. The lowest BCUT2D eigenvalue weighted by Crippen LogP contribution is -2.22. The first-order valence-electron chi connectivity index (χ1n) is 5.14. The third kappa shape index (κ3) is 4.13. The Bertz CT molecular complexity index is 409. The van der Waals surface area contributed by atoms with Gasteiger partial charge in [0.2, 0.25) is 0 Å². The third-order valence-corrected chi connectivity index (χ3v) is 4.03. The van der Waals surface area contributed by atoms with Crippen LogP contribution in [0.2, 0.25) is 15.1 Å². The highest BCUT2D eigenvalue weighted by Gasteiger charge is 2.21. The molecule has 94 valence electrons. The fourth-order valence-electron chi connectivity index (χ4n) is 1.41. The molecule has 0 radical (unpaired) electrons. The number of carbonyl (C=O) groups is 1. The van der Waals surface area contributed by atoms with E-state index in [1.165, 1.54) is 0 Å². The Kier molecular flexibility index (Phi) is 5.78. The Morgan fingerprint density at radius 1 is 1.24 bits per heavy atom. The highest BCUT2D eigenvalue weighted by atomic mass is 79.9. The van der Waals surface area contributed by atoms with Gasteiger partial charge in [0.25, 0.3) is 0 Å². The van der Waals surface area contributed by atoms with Crippen LogP contribution in [0.1, 0.15) is 19.4 Å². The van der Waals surface area contributed by atoms with E-state index in [0.717, 1.165) is 5.56 Å². The molecule has 1 atom stereocenters. The molecule has 17 heavy (non-hydrogen) atoms. The molecule has 0 saturated carbocycles. The fourth-order valence-corrected chi connectivity index (χ4v) is 3.23. The van der Waals surface area contributed by atoms with Gasteiger partial charge in [-0.15, -0.1) is 0 Å². The molecule has 0 spiro atoms. The summed E-state index contributed by atoms with van der Waals surface area (Å²) < 4.78 is 0. The van der Waals surface area contributed by atoms with Gasteiger partial charge in [-0.2, -0.15) is 0 Å². The quantitative estimate of drug-likeness (QED) is 0.678. The van der Waals surface area contributed by atoms with Gasteiger partial charge in [-0.3, -0.25) is 4.79 Å². The van der Waals surface area contributed by atoms with E-state index in [9.17, 15) is 4.79 Å². The standard InChI is InChI=1S/C12H12BrCl3O/c1-6(2)12(17)9(13)5-8-10(15)3-7(14)4-11(8)16/h3-4,6,9H,5H2,1-2H3. The molecule has 0 heterocycles. The second-order valence-corrected chi connectivity index (χ2v) is 6.43. The minimum Gasteiger partial charge on any atom is -0.298 e. The number of alkyl halides is 1. The van der Waals surface area contributed by atoms with Gasteiger partial charge in [0.15, 0.2) is 0 Å². The predicted molar refractivity (Wildman–Crippen MR) is 77.7 cm³/mol. The summed E-state index contributed by atoms with van der Waals surface area (Å²) in [6, 6.07) is 3.26. The largest absolute Gasteiger partial charge is 0.298 e. The molecule has 5 heteroatoms. The summed E-state index contributed by atoms with van der Waals surface area (Å²) in [4.78, 5) is 11.5. The molecular formula is C12H12BrCl3O. The lowest BCUT2D eigenvalue weighted by atomic mass is 10.0. The summed E-state index contributed by atoms with van der Waals surface area (Å²) in [6.07, 6.45) is 0.464. The third-order valence-electron chi connectivity index (χ3n) is 2.37. The number of hydrogen-bond acceptors (Lipinski definition) is 1. The van der Waals surface area contributed by atoms with E-state index >= 15 is 0 Å². The number of hydrogen-bond donors (Lipinski definition) is 0. The second-order valence-electron chi connectivity index (χ2n) is 4.08. The molecule has 0 aliphatic heterocycles. The van der Waals surface area contributed by atoms with Crippen LogP contribution < -0.4 is 0 Å². The van der Waals surface area contributed by atoms with Gasteiger partial charge in [0.05, 0.1) is 4.83 Å². The van der Waals surface area contributed by atoms with Crippen molar-refractivity contribution in [2.45, 2.75) is 25.1 Å². The van der Waals surface area contributed by atoms with Gasteiger partial charge < -0.3 is 0 Å². The van der Waals surface area contributed by atoms with Gasteiger partial charge in [-0.05, 0) is 24.1 Å². The fraction of sp³-hybridized carbons (Fsp3) is 0.417. The van der Waals surface area contributed by atoms with Crippen LogP contribution in [-0.4, -0.2) is 10.6 Å². The Morgan fingerprint density at radius 2 is 1.71 bits per heavy atom. The van der Waals surface area contributed by atoms with Gasteiger partial charge in [-0.25, -0.2) is 0 Å². The molecule has 1 unspecified atom stereocenters. The Labute approximate surface area is 125 Å². The normalized spacial score (nSPS) is 12.9. The molecule has 0 aliphatic carbocycles. The van der Waals surface area contributed by atoms with Gasteiger partial charge in [0.1, 0.15) is 5.78 Å². The van der Waals surface area contributed by atoms with Crippen LogP contribution in [-0.2, 0) is 11.2 Å². The van der Waals surface area contributed by atoms with Crippen molar-refractivity contribution in [1.82, 2.24) is 0 Å². The molecule has 1 nitrogen and oxygen atoms in total. The van der Waals surface area contributed by atoms with E-state index in [0.29, 0.717) is 21.5 Å². The van der Waals surface area contributed by atoms with Crippen LogP contribution in [0.3, 0.4) is 0 Å². The molecule has 0 aromatic heterocycles. The molecule has 0 N–H and O–H groups in total. The smallest absolute Gasteiger partial charge is 0.149 e. The average Bonchev–Trinajstić information content (AvgIpc) is 2.21. The number of ketones is 1. The monoisotopic (exact) mass is 356 g/mol. The van der Waals surface area contributed by atoms with Gasteiger partial charge in [-0.1, -0.05) is 64.6 Å². The number of benzene rings is 1. The minimum atomic E-state index is -0.279. The topological polar surface area (TPSA) is 17.1 Å². The van der Waals surface area contributed by atoms with Crippen molar-refractivity contribution in [2.24, 2.45) is 5.92 Å². The summed E-state index contributed by atoms with van der Waals surface area (Å²) in [5, 5.41) is 1.47. The van der Waals surface area contributed by atoms with Crippen LogP contribution in [0, 0.1) is 5.92 Å². The Balaban J connectivity index is 2.92. The molecule has 1 rings (SSSR count). The molecule has 0 amide bonds. The maximum Gasteiger partial charge on any atom is 0.149 e. The number of halogens is 4. The van der Waals surface area contributed by atoms with Crippen LogP contribution in [0.25, 0.3) is 0 Å². The summed E-state index contributed by atoms with van der Waals surface area (Å²) in [5.74, 6) is 0.108. The molecule has 1 aromatic carbocycles. The first-order valence-corrected chi connectivity index (χ1v) is 7.19. The van der Waals surface area contributed by atoms with Gasteiger partial charge in [0, 0.05) is 21.0 Å². The highest BCUT2D eigenvalue weighted by Crippen LogP contribution is 2.31. The summed E-state index contributed by atoms with van der Waals surface area (Å²) in [5.41, 5.74) is 0.744. The van der Waals surface area contributed by atoms with Crippen LogP contribution in [0.15, 0.2) is 12.1 Å². The molecule has 0 fully saturated rings. The maximum atomic E-state index is 11.8. The van der Waals surface area contributed by atoms with Crippen molar-refractivity contribution in [3.8, 4) is 0 Å². The SMILES string of the molecule is CC(C)C(=O)C(Br)Cc1c(Cl)cc(Cl)cc1Cl. The van der Waals surface area contributed by atoms with Crippen LogP contribution in [0.4, 0.5) is 0 Å². The Morgan fingerprint density at radius 3 is 2.12 bits per heavy atom. The van der Waals surface area contributed by atoms with Crippen molar-refractivity contribution >= 4 is 56.5 Å². The lowest BCUT2D eigenvalue weighted by molar-refractivity contribution is -0.121. The average molecular weight is 358 g/mol. The summed E-state index contributed by atoms with van der Waals surface area (Å²) in [7, 11) is 0. The molecule has 0 aliphatic rings. The molecular weight excluding hydrogens is 346 g/mol. The summed E-state index contributed by atoms with van der Waals surface area (Å²) >= 11 is 21.3. The van der Waals surface area contributed by atoms with Crippen molar-refractivity contribution in [2.75, 3.05) is 0 Å². The van der Waals surface area contributed by atoms with Crippen LogP contribution >= 0.6 is 50.7 Å². The molecule has 1 aromatic rings. The number of Topliss-reactive ketones (excluding diaryl/α,β-unsaturated/α-hetero) is 1. The summed E-state index contributed by atoms with van der Waals surface area (Å²) in [6.45, 7) is 3.73. The van der Waals surface area contributed by atoms with Crippen LogP contribution in [0.5, 0.6) is 0 Å². The predicted octanol–water partition coefficient (Wildman–Crippen LogP) is 5.18. The van der Waals surface area contributed by atoms with E-state index < -0.39 is 0 Å². The van der Waals surface area contributed by atoms with Gasteiger partial charge >= 0.3 is 0 Å². The zero-order valence-corrected chi connectivity index (χ0v) is 13.3. The first kappa shape index (κ1) is 15.3. The van der Waals surface area contributed by atoms with Crippen molar-refractivity contribution in [1.29, 1.82) is 0 Å². The zero-order chi connectivity index (χ0) is 13.2. The van der Waals surface area contributed by atoms with E-state index in [1.54, 1.807) is 12.1 Å². The number of rotatable bonds is 4. The van der Waals surface area contributed by atoms with E-state index in [1.807, 2.05) is 13.8 Å². The highest BCUT2D eigenvalue weighted by molar-refractivity contribution is 9.10. The molecule has 0 saturated heterocycles. The van der Waals surface area contributed by atoms with E-state index in [2.05, 4.69) is 15.9 Å². The van der Waals surface area contributed by atoms with Crippen molar-refractivity contribution in [3.05, 3.63) is 32.8 Å². The van der Waals surface area contributed by atoms with E-state index in [-0.39, 0.29) is 16.5 Å². The minimum absolute atomic E-state index is 0.0239. The van der Waals surface area contributed by atoms with E-state index in [4.69, 9.17) is 34.8 Å². The maximum absolute atomic E-state index is 11.8. The Hall–Kier alpha value is 0.240.